The van der Waals surface area contributed by atoms with Crippen LogP contribution in [0.2, 0.25) is 0 Å². The number of H-pyrrole nitrogens is 1. The van der Waals surface area contributed by atoms with Gasteiger partial charge in [-0.3, -0.25) is 9.89 Å². The molecule has 0 saturated heterocycles. The molecule has 6 heteroatoms. The molecule has 0 unspecified atom stereocenters. The van der Waals surface area contributed by atoms with Gasteiger partial charge >= 0.3 is 0 Å². The minimum atomic E-state index is -0.153. The molecule has 0 saturated carbocycles. The van der Waals surface area contributed by atoms with E-state index in [1.165, 1.54) is 0 Å². The number of furan rings is 1. The van der Waals surface area contributed by atoms with E-state index in [9.17, 15) is 4.79 Å². The second-order valence-electron chi connectivity index (χ2n) is 4.94. The molecule has 114 valence electrons. The normalized spacial score (nSPS) is 10.7. The lowest BCUT2D eigenvalue weighted by atomic mass is 10.1. The van der Waals surface area contributed by atoms with E-state index in [0.29, 0.717) is 24.9 Å². The first-order valence-electron chi connectivity index (χ1n) is 7.01. The average molecular weight is 291 g/mol. The number of aryl methyl sites for hydroxylation is 2. The van der Waals surface area contributed by atoms with Crippen molar-refractivity contribution < 1.29 is 13.9 Å². The Bertz CT molecular complexity index is 596. The molecule has 0 bridgehead atoms. The van der Waals surface area contributed by atoms with Crippen LogP contribution in [0.5, 0.6) is 5.95 Å². The fourth-order valence-electron chi connectivity index (χ4n) is 2.17. The van der Waals surface area contributed by atoms with Gasteiger partial charge in [0.05, 0.1) is 12.3 Å². The van der Waals surface area contributed by atoms with Crippen LogP contribution in [0.25, 0.3) is 0 Å². The number of carbonyl (C=O) groups excluding carboxylic acids is 1. The number of hydrogen-bond donors (Lipinski definition) is 1. The lowest BCUT2D eigenvalue weighted by molar-refractivity contribution is 0.0757. The third-order valence-corrected chi connectivity index (χ3v) is 3.40. The second-order valence-corrected chi connectivity index (χ2v) is 4.94. The number of ether oxygens (including phenoxy) is 1. The zero-order chi connectivity index (χ0) is 15.4. The van der Waals surface area contributed by atoms with E-state index in [-0.39, 0.29) is 5.91 Å². The fraction of sp³-hybridized carbons (Fsp3) is 0.467. The summed E-state index contributed by atoms with van der Waals surface area (Å²) in [5.41, 5.74) is 3.18. The van der Waals surface area contributed by atoms with Crippen molar-refractivity contribution in [2.24, 2.45) is 0 Å². The van der Waals surface area contributed by atoms with Gasteiger partial charge in [0.25, 0.3) is 11.9 Å². The molecule has 0 atom stereocenters. The number of aromatic nitrogens is 2. The molecule has 0 aliphatic heterocycles. The highest BCUT2D eigenvalue weighted by Gasteiger charge is 2.17. The summed E-state index contributed by atoms with van der Waals surface area (Å²) in [6.45, 7) is 6.92. The molecule has 2 rings (SSSR count). The van der Waals surface area contributed by atoms with Crippen LogP contribution in [0.15, 0.2) is 16.5 Å². The molecule has 1 amide bonds. The number of amides is 1. The number of nitrogens with zero attached hydrogens (tertiary/aromatic N) is 2. The highest BCUT2D eigenvalue weighted by atomic mass is 16.6. The third kappa shape index (κ3) is 3.45. The summed E-state index contributed by atoms with van der Waals surface area (Å²) >= 11 is 0. The molecular weight excluding hydrogens is 270 g/mol. The van der Waals surface area contributed by atoms with Crippen molar-refractivity contribution in [3.63, 3.8) is 0 Å². The Morgan fingerprint density at radius 3 is 2.81 bits per heavy atom. The van der Waals surface area contributed by atoms with Crippen molar-refractivity contribution in [2.45, 2.75) is 27.2 Å². The van der Waals surface area contributed by atoms with E-state index in [2.05, 4.69) is 10.2 Å². The number of rotatable bonds is 6. The Morgan fingerprint density at radius 2 is 2.19 bits per heavy atom. The SMILES string of the molecule is CCOc1ccc(C(=O)N(C)CCc2c(C)n[nH]c2C)o1. The van der Waals surface area contributed by atoms with Crippen molar-refractivity contribution in [2.75, 3.05) is 20.2 Å². The van der Waals surface area contributed by atoms with Crippen LogP contribution in [0.1, 0.15) is 34.4 Å². The Labute approximate surface area is 124 Å². The van der Waals surface area contributed by atoms with Gasteiger partial charge in [-0.2, -0.15) is 5.10 Å². The van der Waals surface area contributed by atoms with Crippen LogP contribution < -0.4 is 4.74 Å². The highest BCUT2D eigenvalue weighted by molar-refractivity contribution is 5.91. The Balaban J connectivity index is 1.96. The summed E-state index contributed by atoms with van der Waals surface area (Å²) in [6, 6.07) is 3.30. The molecule has 21 heavy (non-hydrogen) atoms. The maximum atomic E-state index is 12.2. The molecule has 2 heterocycles. The van der Waals surface area contributed by atoms with E-state index >= 15 is 0 Å². The van der Waals surface area contributed by atoms with Crippen molar-refractivity contribution in [3.8, 4) is 5.95 Å². The van der Waals surface area contributed by atoms with E-state index < -0.39 is 0 Å². The van der Waals surface area contributed by atoms with Crippen molar-refractivity contribution in [1.82, 2.24) is 15.1 Å². The first-order valence-corrected chi connectivity index (χ1v) is 7.01. The van der Waals surface area contributed by atoms with E-state index in [1.807, 2.05) is 20.8 Å². The van der Waals surface area contributed by atoms with Gasteiger partial charge in [0.15, 0.2) is 5.76 Å². The summed E-state index contributed by atoms with van der Waals surface area (Å²) in [6.07, 6.45) is 0.759. The molecule has 0 radical (unpaired) electrons. The predicted octanol–water partition coefficient (Wildman–Crippen LogP) is 2.33. The van der Waals surface area contributed by atoms with Crippen LogP contribution in [0.3, 0.4) is 0 Å². The number of hydrogen-bond acceptors (Lipinski definition) is 4. The monoisotopic (exact) mass is 291 g/mol. The third-order valence-electron chi connectivity index (χ3n) is 3.40. The minimum absolute atomic E-state index is 0.153. The van der Waals surface area contributed by atoms with E-state index in [1.54, 1.807) is 24.1 Å². The maximum Gasteiger partial charge on any atom is 0.289 e. The lowest BCUT2D eigenvalue weighted by Gasteiger charge is -2.15. The Hall–Kier alpha value is -2.24. The quantitative estimate of drug-likeness (QED) is 0.886. The van der Waals surface area contributed by atoms with Crippen LogP contribution in [0.4, 0.5) is 0 Å². The number of likely N-dealkylation sites (N-methyl/N-ethyl adjacent to an activating group) is 1. The number of carbonyl (C=O) groups is 1. The number of nitrogens with one attached hydrogen (secondary N) is 1. The summed E-state index contributed by atoms with van der Waals surface area (Å²) in [5.74, 6) is 0.511. The standard InChI is InChI=1S/C15H21N3O3/c1-5-20-14-7-6-13(21-14)15(19)18(4)9-8-12-10(2)16-17-11(12)3/h6-7H,5,8-9H2,1-4H3,(H,16,17). The van der Waals surface area contributed by atoms with E-state index in [4.69, 9.17) is 9.15 Å². The van der Waals surface area contributed by atoms with Gasteiger partial charge in [0.1, 0.15) is 0 Å². The van der Waals surface area contributed by atoms with Gasteiger partial charge in [-0.15, -0.1) is 0 Å². The molecule has 0 spiro atoms. The Morgan fingerprint density at radius 1 is 1.43 bits per heavy atom. The predicted molar refractivity (Wildman–Crippen MR) is 78.6 cm³/mol. The van der Waals surface area contributed by atoms with Gasteiger partial charge in [0.2, 0.25) is 0 Å². The average Bonchev–Trinajstić information content (AvgIpc) is 3.04. The lowest BCUT2D eigenvalue weighted by Crippen LogP contribution is -2.28. The van der Waals surface area contributed by atoms with Gasteiger partial charge in [-0.1, -0.05) is 0 Å². The molecule has 2 aromatic heterocycles. The first kappa shape index (κ1) is 15.2. The number of aromatic amines is 1. The zero-order valence-corrected chi connectivity index (χ0v) is 12.9. The van der Waals surface area contributed by atoms with Gasteiger partial charge in [0, 0.05) is 25.4 Å². The molecule has 6 nitrogen and oxygen atoms in total. The summed E-state index contributed by atoms with van der Waals surface area (Å²) < 4.78 is 10.6. The summed E-state index contributed by atoms with van der Waals surface area (Å²) in [7, 11) is 1.76. The van der Waals surface area contributed by atoms with Gasteiger partial charge in [-0.05, 0) is 38.8 Å². The van der Waals surface area contributed by atoms with Gasteiger partial charge in [-0.25, -0.2) is 0 Å². The zero-order valence-electron chi connectivity index (χ0n) is 12.9. The van der Waals surface area contributed by atoms with Crippen LogP contribution in [0, 0.1) is 13.8 Å². The maximum absolute atomic E-state index is 12.2. The largest absolute Gasteiger partial charge is 0.465 e. The fourth-order valence-corrected chi connectivity index (χ4v) is 2.17. The van der Waals surface area contributed by atoms with E-state index in [0.717, 1.165) is 23.4 Å². The minimum Gasteiger partial charge on any atom is -0.465 e. The van der Waals surface area contributed by atoms with Crippen molar-refractivity contribution >= 4 is 5.91 Å². The van der Waals surface area contributed by atoms with Gasteiger partial charge < -0.3 is 14.1 Å². The topological polar surface area (TPSA) is 71.4 Å². The molecule has 2 aromatic rings. The first-order chi connectivity index (χ1) is 10.0. The van der Waals surface area contributed by atoms with Crippen molar-refractivity contribution in [3.05, 3.63) is 34.8 Å². The van der Waals surface area contributed by atoms with Crippen LogP contribution in [-0.2, 0) is 6.42 Å². The molecule has 0 aromatic carbocycles. The summed E-state index contributed by atoms with van der Waals surface area (Å²) in [5, 5.41) is 7.11. The van der Waals surface area contributed by atoms with Crippen molar-refractivity contribution in [1.29, 1.82) is 0 Å². The highest BCUT2D eigenvalue weighted by Crippen LogP contribution is 2.17. The van der Waals surface area contributed by atoms with Crippen LogP contribution >= 0.6 is 0 Å². The van der Waals surface area contributed by atoms with Crippen LogP contribution in [-0.4, -0.2) is 41.2 Å². The second kappa shape index (κ2) is 6.47. The molecular formula is C15H21N3O3. The molecule has 0 fully saturated rings. The molecule has 0 aliphatic rings. The Kier molecular flexibility index (Phi) is 4.67. The summed E-state index contributed by atoms with van der Waals surface area (Å²) in [4.78, 5) is 13.9. The molecule has 1 N–H and O–H groups in total. The smallest absolute Gasteiger partial charge is 0.289 e. The molecule has 0 aliphatic carbocycles.